The highest BCUT2D eigenvalue weighted by Crippen LogP contribution is 2.46. The van der Waals surface area contributed by atoms with E-state index in [0.717, 1.165) is 12.8 Å². The molecular weight excluding hydrogens is 196 g/mol. The molecule has 0 radical (unpaired) electrons. The molecule has 1 aromatic rings. The van der Waals surface area contributed by atoms with Crippen molar-refractivity contribution in [2.45, 2.75) is 18.4 Å². The fourth-order valence-corrected chi connectivity index (χ4v) is 1.61. The summed E-state index contributed by atoms with van der Waals surface area (Å²) >= 11 is 0. The Morgan fingerprint density at radius 2 is 2.20 bits per heavy atom. The molecule has 0 bridgehead atoms. The lowest BCUT2D eigenvalue weighted by molar-refractivity contribution is -0.385. The maximum Gasteiger partial charge on any atom is 0.278 e. The lowest BCUT2D eigenvalue weighted by Crippen LogP contribution is -2.20. The van der Waals surface area contributed by atoms with Gasteiger partial charge in [0.05, 0.1) is 18.1 Å². The fourth-order valence-electron chi connectivity index (χ4n) is 1.61. The summed E-state index contributed by atoms with van der Waals surface area (Å²) < 4.78 is 4.95. The van der Waals surface area contributed by atoms with Gasteiger partial charge in [-0.2, -0.15) is 0 Å². The number of rotatable bonds is 3. The van der Waals surface area contributed by atoms with E-state index < -0.39 is 10.5 Å². The molecule has 0 spiro atoms. The van der Waals surface area contributed by atoms with E-state index >= 15 is 0 Å². The summed E-state index contributed by atoms with van der Waals surface area (Å²) in [4.78, 5) is 10.4. The van der Waals surface area contributed by atoms with E-state index in [1.165, 1.54) is 13.2 Å². The summed E-state index contributed by atoms with van der Waals surface area (Å²) in [7, 11) is 1.48. The first-order valence-electron chi connectivity index (χ1n) is 4.68. The van der Waals surface area contributed by atoms with Gasteiger partial charge in [-0.05, 0) is 25.0 Å². The van der Waals surface area contributed by atoms with Crippen molar-refractivity contribution in [1.29, 1.82) is 0 Å². The normalized spacial score (nSPS) is 17.2. The maximum absolute atomic E-state index is 10.9. The van der Waals surface area contributed by atoms with Crippen LogP contribution in [0.5, 0.6) is 5.75 Å². The summed E-state index contributed by atoms with van der Waals surface area (Å²) in [6, 6.07) is 4.81. The Balaban J connectivity index is 2.50. The van der Waals surface area contributed by atoms with Crippen molar-refractivity contribution in [2.24, 2.45) is 5.73 Å². The van der Waals surface area contributed by atoms with Crippen LogP contribution in [-0.4, -0.2) is 12.0 Å². The molecule has 5 nitrogen and oxygen atoms in total. The van der Waals surface area contributed by atoms with Gasteiger partial charge in [0.1, 0.15) is 5.75 Å². The Bertz CT molecular complexity index is 413. The third-order valence-corrected chi connectivity index (χ3v) is 2.73. The van der Waals surface area contributed by atoms with E-state index in [1.54, 1.807) is 12.1 Å². The number of methoxy groups -OCH3 is 1. The van der Waals surface area contributed by atoms with Crippen molar-refractivity contribution >= 4 is 5.69 Å². The third-order valence-electron chi connectivity index (χ3n) is 2.73. The molecule has 0 aliphatic heterocycles. The molecule has 1 saturated carbocycles. The molecule has 0 saturated heterocycles. The molecule has 80 valence electrons. The third kappa shape index (κ3) is 1.66. The molecule has 0 aromatic heterocycles. The maximum atomic E-state index is 10.9. The summed E-state index contributed by atoms with van der Waals surface area (Å²) in [5, 5.41) is 10.9. The molecule has 0 heterocycles. The van der Waals surface area contributed by atoms with E-state index in [-0.39, 0.29) is 5.69 Å². The molecule has 1 aromatic carbocycles. The molecule has 0 atom stereocenters. The second kappa shape index (κ2) is 3.20. The van der Waals surface area contributed by atoms with E-state index in [9.17, 15) is 10.1 Å². The number of nitro benzene ring substituents is 1. The minimum Gasteiger partial charge on any atom is -0.497 e. The highest BCUT2D eigenvalue weighted by Gasteiger charge is 2.44. The number of hydrogen-bond donors (Lipinski definition) is 1. The van der Waals surface area contributed by atoms with Crippen molar-refractivity contribution < 1.29 is 9.66 Å². The summed E-state index contributed by atoms with van der Waals surface area (Å²) in [5.41, 5.74) is 6.12. The number of hydrogen-bond acceptors (Lipinski definition) is 4. The van der Waals surface area contributed by atoms with Gasteiger partial charge in [0.25, 0.3) is 5.69 Å². The van der Waals surface area contributed by atoms with Crippen LogP contribution in [-0.2, 0) is 5.54 Å². The number of nitrogens with zero attached hydrogens (tertiary/aromatic N) is 1. The van der Waals surface area contributed by atoms with Crippen LogP contribution >= 0.6 is 0 Å². The largest absolute Gasteiger partial charge is 0.497 e. The molecule has 2 N–H and O–H groups in total. The van der Waals surface area contributed by atoms with Crippen LogP contribution in [0.4, 0.5) is 5.69 Å². The van der Waals surface area contributed by atoms with E-state index in [2.05, 4.69) is 0 Å². The molecule has 1 aliphatic rings. The number of ether oxygens (including phenoxy) is 1. The minimum atomic E-state index is -0.491. The standard InChI is InChI=1S/C10H12N2O3/c1-15-7-2-3-8(10(11)4-5-10)9(6-7)12(13)14/h2-3,6H,4-5,11H2,1H3. The Hall–Kier alpha value is -1.62. The first-order chi connectivity index (χ1) is 7.07. The van der Waals surface area contributed by atoms with Crippen LogP contribution in [0.3, 0.4) is 0 Å². The fraction of sp³-hybridized carbons (Fsp3) is 0.400. The van der Waals surface area contributed by atoms with Crippen LogP contribution < -0.4 is 10.5 Å². The van der Waals surface area contributed by atoms with Gasteiger partial charge >= 0.3 is 0 Å². The number of nitrogens with two attached hydrogens (primary N) is 1. The average Bonchev–Trinajstić information content (AvgIpc) is 2.96. The summed E-state index contributed by atoms with van der Waals surface area (Å²) in [5.74, 6) is 0.481. The summed E-state index contributed by atoms with van der Waals surface area (Å²) in [6.07, 6.45) is 1.61. The van der Waals surface area contributed by atoms with Gasteiger partial charge < -0.3 is 10.5 Å². The second-order valence-electron chi connectivity index (χ2n) is 3.80. The summed E-state index contributed by atoms with van der Waals surface area (Å²) in [6.45, 7) is 0. The van der Waals surface area contributed by atoms with E-state index in [4.69, 9.17) is 10.5 Å². The molecule has 5 heteroatoms. The highest BCUT2D eigenvalue weighted by atomic mass is 16.6. The van der Waals surface area contributed by atoms with Gasteiger partial charge in [-0.15, -0.1) is 0 Å². The predicted molar refractivity (Wildman–Crippen MR) is 54.7 cm³/mol. The molecule has 2 rings (SSSR count). The zero-order chi connectivity index (χ0) is 11.1. The van der Waals surface area contributed by atoms with Crippen molar-refractivity contribution in [1.82, 2.24) is 0 Å². The number of nitro groups is 1. The topological polar surface area (TPSA) is 78.4 Å². The molecule has 0 unspecified atom stereocenters. The van der Waals surface area contributed by atoms with Gasteiger partial charge in [0, 0.05) is 11.1 Å². The Kier molecular flexibility index (Phi) is 2.12. The van der Waals surface area contributed by atoms with Gasteiger partial charge in [-0.3, -0.25) is 10.1 Å². The van der Waals surface area contributed by atoms with Gasteiger partial charge in [0.15, 0.2) is 0 Å². The Labute approximate surface area is 87.0 Å². The van der Waals surface area contributed by atoms with Crippen LogP contribution in [0.15, 0.2) is 18.2 Å². The molecule has 15 heavy (non-hydrogen) atoms. The van der Waals surface area contributed by atoms with Crippen molar-refractivity contribution in [3.63, 3.8) is 0 Å². The van der Waals surface area contributed by atoms with Crippen molar-refractivity contribution in [2.75, 3.05) is 7.11 Å². The first-order valence-corrected chi connectivity index (χ1v) is 4.68. The van der Waals surface area contributed by atoms with Gasteiger partial charge in [0.2, 0.25) is 0 Å². The molecular formula is C10H12N2O3. The smallest absolute Gasteiger partial charge is 0.278 e. The van der Waals surface area contributed by atoms with Crippen LogP contribution in [0.1, 0.15) is 18.4 Å². The van der Waals surface area contributed by atoms with Crippen LogP contribution in [0.2, 0.25) is 0 Å². The Morgan fingerprint density at radius 1 is 1.53 bits per heavy atom. The van der Waals surface area contributed by atoms with E-state index in [1.807, 2.05) is 0 Å². The minimum absolute atomic E-state index is 0.0503. The highest BCUT2D eigenvalue weighted by molar-refractivity contribution is 5.51. The Morgan fingerprint density at radius 3 is 2.67 bits per heavy atom. The van der Waals surface area contributed by atoms with Crippen molar-refractivity contribution in [3.8, 4) is 5.75 Å². The van der Waals surface area contributed by atoms with E-state index in [0.29, 0.717) is 11.3 Å². The lowest BCUT2D eigenvalue weighted by Gasteiger charge is -2.10. The molecule has 0 amide bonds. The quantitative estimate of drug-likeness (QED) is 0.603. The SMILES string of the molecule is COc1ccc(C2(N)CC2)c([N+](=O)[O-])c1. The number of benzene rings is 1. The zero-order valence-electron chi connectivity index (χ0n) is 8.40. The molecule has 1 fully saturated rings. The van der Waals surface area contributed by atoms with Gasteiger partial charge in [-0.1, -0.05) is 0 Å². The van der Waals surface area contributed by atoms with Crippen molar-refractivity contribution in [3.05, 3.63) is 33.9 Å². The first kappa shape index (κ1) is 9.92. The van der Waals surface area contributed by atoms with Crippen LogP contribution in [0, 0.1) is 10.1 Å². The molecule has 1 aliphatic carbocycles. The second-order valence-corrected chi connectivity index (χ2v) is 3.80. The average molecular weight is 208 g/mol. The van der Waals surface area contributed by atoms with Crippen LogP contribution in [0.25, 0.3) is 0 Å². The zero-order valence-corrected chi connectivity index (χ0v) is 8.40. The lowest BCUT2D eigenvalue weighted by atomic mass is 10.0. The predicted octanol–water partition coefficient (Wildman–Crippen LogP) is 1.55. The van der Waals surface area contributed by atoms with Gasteiger partial charge in [-0.25, -0.2) is 0 Å². The monoisotopic (exact) mass is 208 g/mol.